The first kappa shape index (κ1) is 17.8. The van der Waals surface area contributed by atoms with Crippen LogP contribution in [0.25, 0.3) is 0 Å². The molecule has 1 aromatic carbocycles. The van der Waals surface area contributed by atoms with Gasteiger partial charge in [0.15, 0.2) is 11.5 Å². The molecule has 0 heterocycles. The van der Waals surface area contributed by atoms with Crippen LogP contribution < -0.4 is 14.8 Å². The highest BCUT2D eigenvalue weighted by Gasteiger charge is 2.10. The van der Waals surface area contributed by atoms with Gasteiger partial charge in [-0.25, -0.2) is 0 Å². The van der Waals surface area contributed by atoms with Crippen LogP contribution in [-0.2, 0) is 6.42 Å². The first-order valence-electron chi connectivity index (χ1n) is 7.69. The Morgan fingerprint density at radius 3 is 2.48 bits per heavy atom. The number of methoxy groups -OCH3 is 2. The first-order valence-corrected chi connectivity index (χ1v) is 7.69. The molecule has 120 valence electrons. The van der Waals surface area contributed by atoms with Gasteiger partial charge in [-0.1, -0.05) is 19.4 Å². The van der Waals surface area contributed by atoms with E-state index in [0.29, 0.717) is 12.0 Å². The number of rotatable bonds is 10. The highest BCUT2D eigenvalue weighted by molar-refractivity contribution is 5.43. The monoisotopic (exact) mass is 295 g/mol. The van der Waals surface area contributed by atoms with Gasteiger partial charge in [-0.15, -0.1) is 0 Å². The highest BCUT2D eigenvalue weighted by Crippen LogP contribution is 2.27. The van der Waals surface area contributed by atoms with Crippen LogP contribution in [0.2, 0.25) is 0 Å². The molecule has 0 radical (unpaired) electrons. The lowest BCUT2D eigenvalue weighted by atomic mass is 10.0. The van der Waals surface area contributed by atoms with Gasteiger partial charge < -0.3 is 19.9 Å². The number of hydrogen-bond donors (Lipinski definition) is 2. The van der Waals surface area contributed by atoms with Crippen LogP contribution >= 0.6 is 0 Å². The molecule has 0 spiro atoms. The van der Waals surface area contributed by atoms with E-state index in [1.807, 2.05) is 12.1 Å². The summed E-state index contributed by atoms with van der Waals surface area (Å²) in [6.07, 6.45) is 2.90. The molecule has 0 saturated heterocycles. The molecule has 0 fully saturated rings. The van der Waals surface area contributed by atoms with Crippen molar-refractivity contribution in [1.29, 1.82) is 0 Å². The van der Waals surface area contributed by atoms with Gasteiger partial charge in [-0.05, 0) is 49.9 Å². The van der Waals surface area contributed by atoms with Crippen molar-refractivity contribution < 1.29 is 14.6 Å². The Balaban J connectivity index is 2.52. The van der Waals surface area contributed by atoms with Crippen LogP contribution in [0, 0.1) is 5.92 Å². The summed E-state index contributed by atoms with van der Waals surface area (Å²) >= 11 is 0. The molecule has 0 aliphatic heterocycles. The largest absolute Gasteiger partial charge is 0.493 e. The molecule has 0 aliphatic carbocycles. The van der Waals surface area contributed by atoms with Gasteiger partial charge in [0.05, 0.1) is 14.2 Å². The van der Waals surface area contributed by atoms with E-state index in [2.05, 4.69) is 25.2 Å². The number of nitrogens with one attached hydrogen (secondary N) is 1. The van der Waals surface area contributed by atoms with Crippen LogP contribution in [-0.4, -0.2) is 38.5 Å². The van der Waals surface area contributed by atoms with Crippen LogP contribution in [0.4, 0.5) is 0 Å². The van der Waals surface area contributed by atoms with Crippen molar-refractivity contribution in [2.24, 2.45) is 5.92 Å². The second-order valence-corrected chi connectivity index (χ2v) is 5.49. The molecule has 4 nitrogen and oxygen atoms in total. The van der Waals surface area contributed by atoms with Crippen LogP contribution in [0.1, 0.15) is 32.3 Å². The number of ether oxygens (including phenoxy) is 2. The molecular weight excluding hydrogens is 266 g/mol. The molecule has 2 unspecified atom stereocenters. The van der Waals surface area contributed by atoms with E-state index in [0.717, 1.165) is 37.3 Å². The van der Waals surface area contributed by atoms with Crippen LogP contribution in [0.15, 0.2) is 18.2 Å². The lowest BCUT2D eigenvalue weighted by Gasteiger charge is -2.19. The fourth-order valence-electron chi connectivity index (χ4n) is 2.43. The summed E-state index contributed by atoms with van der Waals surface area (Å²) < 4.78 is 10.6. The molecule has 0 bridgehead atoms. The molecule has 2 N–H and O–H groups in total. The standard InChI is InChI=1S/C17H29NO3/c1-5-14(8-9-19)12-18-13(2)10-15-6-7-16(20-3)17(11-15)21-4/h6-7,11,13-14,18-19H,5,8-10,12H2,1-4H3. The van der Waals surface area contributed by atoms with Gasteiger partial charge >= 0.3 is 0 Å². The van der Waals surface area contributed by atoms with Crippen LogP contribution in [0.5, 0.6) is 11.5 Å². The smallest absolute Gasteiger partial charge is 0.160 e. The second-order valence-electron chi connectivity index (χ2n) is 5.49. The summed E-state index contributed by atoms with van der Waals surface area (Å²) in [5.74, 6) is 2.08. The SMILES string of the molecule is CCC(CCO)CNC(C)Cc1ccc(OC)c(OC)c1. The Kier molecular flexibility index (Phi) is 8.16. The van der Waals surface area contributed by atoms with Gasteiger partial charge in [0.25, 0.3) is 0 Å². The average molecular weight is 295 g/mol. The summed E-state index contributed by atoms with van der Waals surface area (Å²) in [5.41, 5.74) is 1.22. The number of aliphatic hydroxyl groups is 1. The van der Waals surface area contributed by atoms with Gasteiger partial charge in [0, 0.05) is 12.6 Å². The van der Waals surface area contributed by atoms with Crippen molar-refractivity contribution in [3.05, 3.63) is 23.8 Å². The van der Waals surface area contributed by atoms with E-state index in [-0.39, 0.29) is 6.61 Å². The van der Waals surface area contributed by atoms with Crippen molar-refractivity contribution >= 4 is 0 Å². The second kappa shape index (κ2) is 9.64. The summed E-state index contributed by atoms with van der Waals surface area (Å²) in [4.78, 5) is 0. The van der Waals surface area contributed by atoms with E-state index in [9.17, 15) is 0 Å². The lowest BCUT2D eigenvalue weighted by molar-refractivity contribution is 0.249. The zero-order valence-electron chi connectivity index (χ0n) is 13.7. The topological polar surface area (TPSA) is 50.7 Å². The lowest BCUT2D eigenvalue weighted by Crippen LogP contribution is -2.33. The normalized spacial score (nSPS) is 13.8. The molecular formula is C17H29NO3. The Labute approximate surface area is 128 Å². The molecule has 1 rings (SSSR count). The van der Waals surface area contributed by atoms with Crippen molar-refractivity contribution in [2.75, 3.05) is 27.4 Å². The fourth-order valence-corrected chi connectivity index (χ4v) is 2.43. The predicted octanol–water partition coefficient (Wildman–Crippen LogP) is 2.63. The van der Waals surface area contributed by atoms with Gasteiger partial charge in [0.2, 0.25) is 0 Å². The number of aliphatic hydroxyl groups excluding tert-OH is 1. The zero-order valence-corrected chi connectivity index (χ0v) is 13.7. The minimum absolute atomic E-state index is 0.268. The molecule has 0 aromatic heterocycles. The Morgan fingerprint density at radius 1 is 1.19 bits per heavy atom. The maximum Gasteiger partial charge on any atom is 0.160 e. The highest BCUT2D eigenvalue weighted by atomic mass is 16.5. The van der Waals surface area contributed by atoms with Crippen molar-refractivity contribution in [3.63, 3.8) is 0 Å². The van der Waals surface area contributed by atoms with Gasteiger partial charge in [-0.3, -0.25) is 0 Å². The van der Waals surface area contributed by atoms with Gasteiger partial charge in [0.1, 0.15) is 0 Å². The van der Waals surface area contributed by atoms with Crippen molar-refractivity contribution in [2.45, 2.75) is 39.2 Å². The Morgan fingerprint density at radius 2 is 1.90 bits per heavy atom. The third kappa shape index (κ3) is 5.94. The molecule has 0 amide bonds. The van der Waals surface area contributed by atoms with E-state index in [4.69, 9.17) is 14.6 Å². The Bertz CT molecular complexity index is 409. The minimum Gasteiger partial charge on any atom is -0.493 e. The first-order chi connectivity index (χ1) is 10.1. The van der Waals surface area contributed by atoms with E-state index < -0.39 is 0 Å². The quantitative estimate of drug-likeness (QED) is 0.697. The molecule has 2 atom stereocenters. The summed E-state index contributed by atoms with van der Waals surface area (Å²) in [7, 11) is 3.30. The maximum atomic E-state index is 9.02. The third-order valence-electron chi connectivity index (χ3n) is 3.86. The summed E-state index contributed by atoms with van der Waals surface area (Å²) in [6, 6.07) is 6.43. The predicted molar refractivity (Wildman–Crippen MR) is 86.2 cm³/mol. The molecule has 1 aromatic rings. The molecule has 21 heavy (non-hydrogen) atoms. The van der Waals surface area contributed by atoms with Crippen molar-refractivity contribution in [3.8, 4) is 11.5 Å². The fraction of sp³-hybridized carbons (Fsp3) is 0.647. The van der Waals surface area contributed by atoms with E-state index >= 15 is 0 Å². The molecule has 4 heteroatoms. The Hall–Kier alpha value is -1.26. The number of hydrogen-bond acceptors (Lipinski definition) is 4. The van der Waals surface area contributed by atoms with E-state index in [1.54, 1.807) is 14.2 Å². The maximum absolute atomic E-state index is 9.02. The number of benzene rings is 1. The van der Waals surface area contributed by atoms with Crippen molar-refractivity contribution in [1.82, 2.24) is 5.32 Å². The summed E-state index contributed by atoms with van der Waals surface area (Å²) in [5, 5.41) is 12.6. The van der Waals surface area contributed by atoms with Crippen LogP contribution in [0.3, 0.4) is 0 Å². The minimum atomic E-state index is 0.268. The zero-order chi connectivity index (χ0) is 15.7. The molecule has 0 aliphatic rings. The van der Waals surface area contributed by atoms with Gasteiger partial charge in [-0.2, -0.15) is 0 Å². The molecule has 0 saturated carbocycles. The average Bonchev–Trinajstić information content (AvgIpc) is 2.51. The summed E-state index contributed by atoms with van der Waals surface area (Å²) in [6.45, 7) is 5.57. The third-order valence-corrected chi connectivity index (χ3v) is 3.86. The van der Waals surface area contributed by atoms with E-state index in [1.165, 1.54) is 5.56 Å².